The van der Waals surface area contributed by atoms with Gasteiger partial charge in [0.15, 0.2) is 0 Å². The topological polar surface area (TPSA) is 65.1 Å². The van der Waals surface area contributed by atoms with Crippen LogP contribution in [0.25, 0.3) is 0 Å². The normalized spacial score (nSPS) is 25.8. The summed E-state index contributed by atoms with van der Waals surface area (Å²) in [7, 11) is 0. The second kappa shape index (κ2) is 7.10. The lowest BCUT2D eigenvalue weighted by Crippen LogP contribution is -2.53. The smallest absolute Gasteiger partial charge is 0.140 e. The van der Waals surface area contributed by atoms with Gasteiger partial charge in [-0.05, 0) is 19.3 Å². The number of amidine groups is 1. The van der Waals surface area contributed by atoms with Gasteiger partial charge in [0.05, 0.1) is 0 Å². The monoisotopic (exact) mass is 268 g/mol. The van der Waals surface area contributed by atoms with Gasteiger partial charge >= 0.3 is 0 Å². The molecule has 5 nitrogen and oxygen atoms in total. The first-order valence-corrected chi connectivity index (χ1v) is 7.69. The number of hydrogen-bond donors (Lipinski definition) is 2. The molecule has 1 atom stereocenters. The van der Waals surface area contributed by atoms with Crippen LogP contribution in [0.5, 0.6) is 0 Å². The Labute approximate surface area is 116 Å². The molecule has 1 unspecified atom stereocenters. The third kappa shape index (κ3) is 3.83. The Hall–Kier alpha value is -0.810. The molecular weight excluding hydrogens is 240 g/mol. The van der Waals surface area contributed by atoms with Crippen LogP contribution in [-0.2, 0) is 0 Å². The van der Waals surface area contributed by atoms with Gasteiger partial charge in [0, 0.05) is 44.7 Å². The third-order valence-corrected chi connectivity index (χ3v) is 4.75. The van der Waals surface area contributed by atoms with E-state index in [0.717, 1.165) is 25.6 Å². The largest absolute Gasteiger partial charge is 0.409 e. The number of nitrogens with two attached hydrogens (primary N) is 1. The predicted molar refractivity (Wildman–Crippen MR) is 77.5 cm³/mol. The van der Waals surface area contributed by atoms with Crippen LogP contribution in [0.1, 0.15) is 45.4 Å². The van der Waals surface area contributed by atoms with E-state index < -0.39 is 0 Å². The number of oxime groups is 1. The summed E-state index contributed by atoms with van der Waals surface area (Å²) in [6.45, 7) is 6.77. The average Bonchev–Trinajstić information content (AvgIpc) is 2.99. The van der Waals surface area contributed by atoms with Crippen molar-refractivity contribution in [3.63, 3.8) is 0 Å². The van der Waals surface area contributed by atoms with Crippen molar-refractivity contribution in [3.8, 4) is 0 Å². The standard InChI is InChI=1S/C14H28N4O/c1-2-12(11-14(15)16-19)17-7-9-18(10-8-17)13-5-3-4-6-13/h12-13,19H,2-11H2,1H3,(H2,15,16). The minimum absolute atomic E-state index is 0.352. The Kier molecular flexibility index (Phi) is 5.45. The highest BCUT2D eigenvalue weighted by Crippen LogP contribution is 2.25. The van der Waals surface area contributed by atoms with Crippen LogP contribution in [0.3, 0.4) is 0 Å². The zero-order chi connectivity index (χ0) is 13.7. The fourth-order valence-corrected chi connectivity index (χ4v) is 3.55. The quantitative estimate of drug-likeness (QED) is 0.343. The molecule has 0 amide bonds. The van der Waals surface area contributed by atoms with Crippen molar-refractivity contribution >= 4 is 5.84 Å². The maximum atomic E-state index is 8.70. The Morgan fingerprint density at radius 3 is 2.42 bits per heavy atom. The van der Waals surface area contributed by atoms with Gasteiger partial charge in [0.25, 0.3) is 0 Å². The van der Waals surface area contributed by atoms with Gasteiger partial charge in [0.2, 0.25) is 0 Å². The second-order valence-electron chi connectivity index (χ2n) is 5.87. The molecule has 0 aromatic heterocycles. The summed E-state index contributed by atoms with van der Waals surface area (Å²) in [5.41, 5.74) is 5.65. The van der Waals surface area contributed by atoms with E-state index in [0.29, 0.717) is 18.3 Å². The minimum Gasteiger partial charge on any atom is -0.409 e. The molecule has 1 saturated heterocycles. The summed E-state index contributed by atoms with van der Waals surface area (Å²) in [6, 6.07) is 1.26. The van der Waals surface area contributed by atoms with E-state index in [2.05, 4.69) is 21.9 Å². The van der Waals surface area contributed by atoms with E-state index in [1.165, 1.54) is 38.8 Å². The maximum Gasteiger partial charge on any atom is 0.140 e. The fourth-order valence-electron chi connectivity index (χ4n) is 3.55. The van der Waals surface area contributed by atoms with Crippen LogP contribution in [0, 0.1) is 0 Å². The molecule has 0 radical (unpaired) electrons. The minimum atomic E-state index is 0.352. The molecule has 2 aliphatic rings. The van der Waals surface area contributed by atoms with Crippen molar-refractivity contribution < 1.29 is 5.21 Å². The average molecular weight is 268 g/mol. The van der Waals surface area contributed by atoms with Crippen molar-refractivity contribution in [2.75, 3.05) is 26.2 Å². The summed E-state index contributed by atoms with van der Waals surface area (Å²) in [4.78, 5) is 5.17. The molecule has 0 aromatic rings. The number of piperazine rings is 1. The van der Waals surface area contributed by atoms with Crippen molar-refractivity contribution in [2.45, 2.75) is 57.5 Å². The first kappa shape index (κ1) is 14.6. The molecule has 1 heterocycles. The molecule has 0 spiro atoms. The summed E-state index contributed by atoms with van der Waals surface area (Å²) < 4.78 is 0. The summed E-state index contributed by atoms with van der Waals surface area (Å²) in [5, 5.41) is 11.8. The summed E-state index contributed by atoms with van der Waals surface area (Å²) in [6.07, 6.45) is 7.33. The van der Waals surface area contributed by atoms with Gasteiger partial charge < -0.3 is 10.9 Å². The molecule has 0 bridgehead atoms. The summed E-state index contributed by atoms with van der Waals surface area (Å²) in [5.74, 6) is 0.352. The predicted octanol–water partition coefficient (Wildman–Crippen LogP) is 1.46. The van der Waals surface area contributed by atoms with E-state index in [-0.39, 0.29) is 0 Å². The van der Waals surface area contributed by atoms with Crippen molar-refractivity contribution in [2.24, 2.45) is 10.9 Å². The molecule has 1 saturated carbocycles. The van der Waals surface area contributed by atoms with Crippen LogP contribution in [0.4, 0.5) is 0 Å². The Balaban J connectivity index is 1.80. The van der Waals surface area contributed by atoms with Gasteiger partial charge in [-0.2, -0.15) is 0 Å². The van der Waals surface area contributed by atoms with Crippen LogP contribution in [0.2, 0.25) is 0 Å². The van der Waals surface area contributed by atoms with Crippen LogP contribution in [0.15, 0.2) is 5.16 Å². The van der Waals surface area contributed by atoms with Gasteiger partial charge in [-0.15, -0.1) is 0 Å². The van der Waals surface area contributed by atoms with E-state index in [9.17, 15) is 0 Å². The highest BCUT2D eigenvalue weighted by Gasteiger charge is 2.28. The van der Waals surface area contributed by atoms with Crippen molar-refractivity contribution in [1.29, 1.82) is 0 Å². The highest BCUT2D eigenvalue weighted by atomic mass is 16.4. The zero-order valence-corrected chi connectivity index (χ0v) is 12.1. The number of nitrogens with zero attached hydrogens (tertiary/aromatic N) is 3. The van der Waals surface area contributed by atoms with E-state index in [4.69, 9.17) is 10.9 Å². The van der Waals surface area contributed by atoms with Gasteiger partial charge in [-0.1, -0.05) is 24.9 Å². The molecule has 2 rings (SSSR count). The molecule has 19 heavy (non-hydrogen) atoms. The molecule has 0 aromatic carbocycles. The lowest BCUT2D eigenvalue weighted by molar-refractivity contribution is 0.0705. The molecule has 2 fully saturated rings. The first-order valence-electron chi connectivity index (χ1n) is 7.69. The second-order valence-corrected chi connectivity index (χ2v) is 5.87. The molecule has 3 N–H and O–H groups in total. The van der Waals surface area contributed by atoms with Crippen molar-refractivity contribution in [1.82, 2.24) is 9.80 Å². The molecule has 1 aliphatic carbocycles. The Morgan fingerprint density at radius 2 is 1.89 bits per heavy atom. The Bertz CT molecular complexity index is 294. The van der Waals surface area contributed by atoms with E-state index >= 15 is 0 Å². The number of rotatable bonds is 5. The molecule has 110 valence electrons. The maximum absolute atomic E-state index is 8.70. The van der Waals surface area contributed by atoms with E-state index in [1.54, 1.807) is 0 Å². The van der Waals surface area contributed by atoms with Crippen LogP contribution < -0.4 is 5.73 Å². The molecule has 5 heteroatoms. The van der Waals surface area contributed by atoms with E-state index in [1.807, 2.05) is 0 Å². The summed E-state index contributed by atoms with van der Waals surface area (Å²) >= 11 is 0. The lowest BCUT2D eigenvalue weighted by atomic mass is 10.1. The van der Waals surface area contributed by atoms with Gasteiger partial charge in [-0.3, -0.25) is 9.80 Å². The lowest BCUT2D eigenvalue weighted by Gasteiger charge is -2.41. The first-order chi connectivity index (χ1) is 9.24. The SMILES string of the molecule is CCC(CC(N)=NO)N1CCN(C2CCCC2)CC1. The molecule has 1 aliphatic heterocycles. The third-order valence-electron chi connectivity index (χ3n) is 4.75. The van der Waals surface area contributed by atoms with Gasteiger partial charge in [0.1, 0.15) is 5.84 Å². The fraction of sp³-hybridized carbons (Fsp3) is 0.929. The van der Waals surface area contributed by atoms with Crippen LogP contribution >= 0.6 is 0 Å². The van der Waals surface area contributed by atoms with Crippen LogP contribution in [-0.4, -0.2) is 59.1 Å². The van der Waals surface area contributed by atoms with Gasteiger partial charge in [-0.25, -0.2) is 0 Å². The highest BCUT2D eigenvalue weighted by molar-refractivity contribution is 5.80. The Morgan fingerprint density at radius 1 is 1.26 bits per heavy atom. The molecular formula is C14H28N4O. The van der Waals surface area contributed by atoms with Crippen molar-refractivity contribution in [3.05, 3.63) is 0 Å². The zero-order valence-electron chi connectivity index (χ0n) is 12.1. The number of hydrogen-bond acceptors (Lipinski definition) is 4.